The number of imidazole rings is 1. The number of carbonyl (C=O) groups excluding carboxylic acids is 1. The number of hydrogen-bond donors (Lipinski definition) is 1. The smallest absolute Gasteiger partial charge is 0.248 e. The van der Waals surface area contributed by atoms with Gasteiger partial charge in [-0.25, -0.2) is 4.98 Å². The first-order valence-electron chi connectivity index (χ1n) is 9.83. The van der Waals surface area contributed by atoms with E-state index in [9.17, 15) is 4.79 Å². The molecule has 0 aliphatic heterocycles. The highest BCUT2D eigenvalue weighted by molar-refractivity contribution is 6.03. The van der Waals surface area contributed by atoms with Gasteiger partial charge in [0, 0.05) is 24.0 Å². The molecule has 0 radical (unpaired) electrons. The number of benzene rings is 2. The Labute approximate surface area is 180 Å². The van der Waals surface area contributed by atoms with Crippen LogP contribution in [0.25, 0.3) is 23.0 Å². The summed E-state index contributed by atoms with van der Waals surface area (Å²) in [5.74, 6) is 1.09. The predicted molar refractivity (Wildman–Crippen MR) is 123 cm³/mol. The molecule has 0 aliphatic carbocycles. The van der Waals surface area contributed by atoms with Gasteiger partial charge in [-0.1, -0.05) is 18.2 Å². The fourth-order valence-corrected chi connectivity index (χ4v) is 3.32. The number of fused-ring (bicyclic) bond motifs is 1. The van der Waals surface area contributed by atoms with Crippen molar-refractivity contribution in [2.24, 2.45) is 0 Å². The van der Waals surface area contributed by atoms with Gasteiger partial charge in [0.25, 0.3) is 0 Å². The molecule has 0 unspecified atom stereocenters. The van der Waals surface area contributed by atoms with E-state index in [0.717, 1.165) is 33.8 Å². The topological polar surface area (TPSA) is 64.9 Å². The van der Waals surface area contributed by atoms with Crippen molar-refractivity contribution in [3.8, 4) is 22.8 Å². The minimum Gasteiger partial charge on any atom is -0.497 e. The second kappa shape index (κ2) is 8.75. The zero-order valence-corrected chi connectivity index (χ0v) is 17.6. The number of rotatable bonds is 6. The summed E-state index contributed by atoms with van der Waals surface area (Å²) in [4.78, 5) is 17.2. The van der Waals surface area contributed by atoms with Crippen LogP contribution in [0.1, 0.15) is 11.1 Å². The van der Waals surface area contributed by atoms with E-state index in [0.29, 0.717) is 11.4 Å². The van der Waals surface area contributed by atoms with Crippen molar-refractivity contribution in [2.75, 3.05) is 19.5 Å². The molecule has 0 saturated heterocycles. The number of aryl methyl sites for hydroxylation is 1. The van der Waals surface area contributed by atoms with Crippen LogP contribution in [0.4, 0.5) is 5.69 Å². The lowest BCUT2D eigenvalue weighted by Gasteiger charge is -2.10. The molecule has 0 spiro atoms. The van der Waals surface area contributed by atoms with E-state index in [2.05, 4.69) is 5.32 Å². The molecule has 6 heteroatoms. The molecule has 0 aliphatic rings. The van der Waals surface area contributed by atoms with Crippen LogP contribution in [-0.2, 0) is 4.79 Å². The Hall–Kier alpha value is -4.06. The van der Waals surface area contributed by atoms with Crippen molar-refractivity contribution in [3.63, 3.8) is 0 Å². The maximum atomic E-state index is 12.5. The van der Waals surface area contributed by atoms with Gasteiger partial charge in [-0.3, -0.25) is 4.79 Å². The van der Waals surface area contributed by atoms with Crippen LogP contribution >= 0.6 is 0 Å². The Kier molecular flexibility index (Phi) is 5.71. The summed E-state index contributed by atoms with van der Waals surface area (Å²) in [6, 6.07) is 17.1. The first kappa shape index (κ1) is 20.2. The summed E-state index contributed by atoms with van der Waals surface area (Å²) < 4.78 is 12.6. The molecule has 156 valence electrons. The zero-order chi connectivity index (χ0) is 21.8. The molecule has 0 bridgehead atoms. The molecule has 1 N–H and O–H groups in total. The van der Waals surface area contributed by atoms with Crippen LogP contribution in [0.15, 0.2) is 73.1 Å². The molecule has 2 aromatic heterocycles. The standard InChI is InChI=1S/C25H23N3O3/c1-17-5-4-14-28-16-22(27-25(17)28)19-9-12-23(31-3)21(15-19)26-24(29)13-8-18-6-10-20(30-2)11-7-18/h4-16H,1-3H3,(H,26,29)/b13-8+. The van der Waals surface area contributed by atoms with Gasteiger partial charge in [0.2, 0.25) is 5.91 Å². The number of methoxy groups -OCH3 is 2. The van der Waals surface area contributed by atoms with Gasteiger partial charge in [-0.2, -0.15) is 0 Å². The molecule has 31 heavy (non-hydrogen) atoms. The van der Waals surface area contributed by atoms with Crippen LogP contribution in [0.3, 0.4) is 0 Å². The average Bonchev–Trinajstić information content (AvgIpc) is 3.24. The number of pyridine rings is 1. The van der Waals surface area contributed by atoms with E-state index < -0.39 is 0 Å². The third-order valence-corrected chi connectivity index (χ3v) is 4.97. The van der Waals surface area contributed by atoms with Crippen molar-refractivity contribution >= 4 is 23.3 Å². The third kappa shape index (κ3) is 4.43. The lowest BCUT2D eigenvalue weighted by Crippen LogP contribution is -2.09. The van der Waals surface area contributed by atoms with Crippen LogP contribution in [-0.4, -0.2) is 29.5 Å². The molecule has 0 atom stereocenters. The number of amides is 1. The van der Waals surface area contributed by atoms with E-state index in [4.69, 9.17) is 14.5 Å². The Morgan fingerprint density at radius 3 is 2.58 bits per heavy atom. The SMILES string of the molecule is COc1ccc(/C=C/C(=O)Nc2cc(-c3cn4cccc(C)c4n3)ccc2OC)cc1. The van der Waals surface area contributed by atoms with Crippen LogP contribution < -0.4 is 14.8 Å². The van der Waals surface area contributed by atoms with Crippen LogP contribution in [0.5, 0.6) is 11.5 Å². The summed E-state index contributed by atoms with van der Waals surface area (Å²) >= 11 is 0. The van der Waals surface area contributed by atoms with Gasteiger partial charge >= 0.3 is 0 Å². The van der Waals surface area contributed by atoms with Gasteiger partial charge in [0.1, 0.15) is 17.1 Å². The van der Waals surface area contributed by atoms with Crippen molar-refractivity contribution in [1.82, 2.24) is 9.38 Å². The monoisotopic (exact) mass is 413 g/mol. The fourth-order valence-electron chi connectivity index (χ4n) is 3.32. The van der Waals surface area contributed by atoms with E-state index in [1.807, 2.05) is 78.3 Å². The zero-order valence-electron chi connectivity index (χ0n) is 17.6. The van der Waals surface area contributed by atoms with Gasteiger partial charge in [-0.05, 0) is 60.5 Å². The van der Waals surface area contributed by atoms with Gasteiger partial charge in [0.15, 0.2) is 0 Å². The molecule has 4 rings (SSSR count). The molecule has 4 aromatic rings. The van der Waals surface area contributed by atoms with Crippen molar-refractivity contribution < 1.29 is 14.3 Å². The van der Waals surface area contributed by atoms with Crippen LogP contribution in [0.2, 0.25) is 0 Å². The second-order valence-electron chi connectivity index (χ2n) is 7.06. The number of anilines is 1. The van der Waals surface area contributed by atoms with Gasteiger partial charge < -0.3 is 19.2 Å². The molecule has 2 heterocycles. The summed E-state index contributed by atoms with van der Waals surface area (Å²) in [5, 5.41) is 2.90. The first-order chi connectivity index (χ1) is 15.1. The highest BCUT2D eigenvalue weighted by Gasteiger charge is 2.11. The molecule has 0 saturated carbocycles. The number of nitrogens with one attached hydrogen (secondary N) is 1. The lowest BCUT2D eigenvalue weighted by atomic mass is 10.1. The second-order valence-corrected chi connectivity index (χ2v) is 7.06. The van der Waals surface area contributed by atoms with E-state index in [-0.39, 0.29) is 5.91 Å². The predicted octanol–water partition coefficient (Wildman–Crippen LogP) is 4.98. The number of hydrogen-bond acceptors (Lipinski definition) is 4. The summed E-state index contributed by atoms with van der Waals surface area (Å²) in [6.45, 7) is 2.03. The average molecular weight is 413 g/mol. The quantitative estimate of drug-likeness (QED) is 0.453. The largest absolute Gasteiger partial charge is 0.497 e. The molecule has 2 aromatic carbocycles. The third-order valence-electron chi connectivity index (χ3n) is 4.97. The number of carbonyl (C=O) groups is 1. The fraction of sp³-hybridized carbons (Fsp3) is 0.120. The Bertz CT molecular complexity index is 1260. The summed E-state index contributed by atoms with van der Waals surface area (Å²) in [6.07, 6.45) is 7.17. The summed E-state index contributed by atoms with van der Waals surface area (Å²) in [5.41, 5.74) is 5.19. The Balaban J connectivity index is 1.57. The maximum Gasteiger partial charge on any atom is 0.248 e. The normalized spacial score (nSPS) is 11.1. The van der Waals surface area contributed by atoms with Crippen molar-refractivity contribution in [3.05, 3.63) is 84.2 Å². The number of ether oxygens (including phenoxy) is 2. The molecule has 6 nitrogen and oxygen atoms in total. The molecule has 1 amide bonds. The highest BCUT2D eigenvalue weighted by atomic mass is 16.5. The van der Waals surface area contributed by atoms with Crippen molar-refractivity contribution in [1.29, 1.82) is 0 Å². The lowest BCUT2D eigenvalue weighted by molar-refractivity contribution is -0.111. The van der Waals surface area contributed by atoms with E-state index in [1.165, 1.54) is 6.08 Å². The Morgan fingerprint density at radius 1 is 1.06 bits per heavy atom. The van der Waals surface area contributed by atoms with Crippen molar-refractivity contribution in [2.45, 2.75) is 6.92 Å². The van der Waals surface area contributed by atoms with Gasteiger partial charge in [-0.15, -0.1) is 0 Å². The summed E-state index contributed by atoms with van der Waals surface area (Å²) in [7, 11) is 3.19. The molecule has 0 fully saturated rings. The van der Waals surface area contributed by atoms with E-state index in [1.54, 1.807) is 20.3 Å². The molecular formula is C25H23N3O3. The highest BCUT2D eigenvalue weighted by Crippen LogP contribution is 2.31. The number of aromatic nitrogens is 2. The number of nitrogens with zero attached hydrogens (tertiary/aromatic N) is 2. The molecular weight excluding hydrogens is 390 g/mol. The Morgan fingerprint density at radius 2 is 1.87 bits per heavy atom. The maximum absolute atomic E-state index is 12.5. The minimum atomic E-state index is -0.253. The van der Waals surface area contributed by atoms with E-state index >= 15 is 0 Å². The first-order valence-corrected chi connectivity index (χ1v) is 9.83. The van der Waals surface area contributed by atoms with Gasteiger partial charge in [0.05, 0.1) is 25.6 Å². The minimum absolute atomic E-state index is 0.253. The van der Waals surface area contributed by atoms with Crippen LogP contribution in [0, 0.1) is 6.92 Å².